The minimum atomic E-state index is -0.415. The molecule has 1 saturated heterocycles. The fraction of sp³-hybridized carbons (Fsp3) is 0.429. The maximum atomic E-state index is 12.7. The molecule has 0 radical (unpaired) electrons. The second-order valence-electron chi connectivity index (χ2n) is 7.72. The Kier molecular flexibility index (Phi) is 5.56. The van der Waals surface area contributed by atoms with Crippen molar-refractivity contribution < 1.29 is 18.8 Å². The largest absolute Gasteiger partial charge is 0.370 e. The van der Waals surface area contributed by atoms with Crippen LogP contribution in [-0.2, 0) is 35.3 Å². The van der Waals surface area contributed by atoms with Crippen LogP contribution in [0.15, 0.2) is 24.3 Å². The molecule has 0 unspecified atom stereocenters. The van der Waals surface area contributed by atoms with Gasteiger partial charge in [-0.3, -0.25) is 9.59 Å². The summed E-state index contributed by atoms with van der Waals surface area (Å²) < 4.78 is 6.55. The number of hydrogen-bond acceptors (Lipinski definition) is 4. The van der Waals surface area contributed by atoms with Gasteiger partial charge in [0.15, 0.2) is 0 Å². The lowest BCUT2D eigenvalue weighted by Crippen LogP contribution is -2.56. The Hall–Kier alpha value is -1.73. The van der Waals surface area contributed by atoms with E-state index in [2.05, 4.69) is 0 Å². The van der Waals surface area contributed by atoms with Crippen molar-refractivity contribution in [1.29, 1.82) is 0 Å². The lowest BCUT2D eigenvalue weighted by molar-refractivity contribution is -0.949. The number of amides is 1. The van der Waals surface area contributed by atoms with E-state index in [0.717, 1.165) is 66.3 Å². The zero-order chi connectivity index (χ0) is 19.7. The second kappa shape index (κ2) is 7.95. The molecular weight excluding hydrogens is 396 g/mol. The number of ether oxygens (including phenoxy) is 1. The zero-order valence-electron chi connectivity index (χ0n) is 15.7. The summed E-state index contributed by atoms with van der Waals surface area (Å²) >= 11 is 7.51. The summed E-state index contributed by atoms with van der Waals surface area (Å²) in [4.78, 5) is 26.9. The molecule has 148 valence electrons. The second-order valence-corrected chi connectivity index (χ2v) is 9.34. The number of nitrogens with two attached hydrogens (primary N) is 1. The van der Waals surface area contributed by atoms with E-state index >= 15 is 0 Å². The Labute approximate surface area is 173 Å². The minimum Gasteiger partial charge on any atom is -0.370 e. The number of halogens is 1. The zero-order valence-corrected chi connectivity index (χ0v) is 17.3. The van der Waals surface area contributed by atoms with Gasteiger partial charge in [0.05, 0.1) is 30.2 Å². The molecule has 1 spiro atoms. The fourth-order valence-electron chi connectivity index (χ4n) is 4.29. The summed E-state index contributed by atoms with van der Waals surface area (Å²) in [7, 11) is 0. The monoisotopic (exact) mass is 419 g/mol. The first-order chi connectivity index (χ1) is 13.5. The number of primary amides is 1. The average Bonchev–Trinajstić information content (AvgIpc) is 3.01. The van der Waals surface area contributed by atoms with E-state index in [0.29, 0.717) is 17.0 Å². The molecule has 1 amide bonds. The van der Waals surface area contributed by atoms with Crippen LogP contribution in [0.3, 0.4) is 0 Å². The summed E-state index contributed by atoms with van der Waals surface area (Å²) in [5.41, 5.74) is 8.30. The SMILES string of the molecule is NC(=O)c1c(CC(=O)Cc2ccc(Cl)cc2)sc2c1CC[N+]1(CCOCC1)C2. The van der Waals surface area contributed by atoms with Gasteiger partial charge in [-0.25, -0.2) is 0 Å². The first-order valence-corrected chi connectivity index (χ1v) is 10.8. The highest BCUT2D eigenvalue weighted by Crippen LogP contribution is 2.37. The predicted molar refractivity (Wildman–Crippen MR) is 110 cm³/mol. The van der Waals surface area contributed by atoms with Crippen LogP contribution in [-0.4, -0.2) is 49.0 Å². The number of nitrogens with zero attached hydrogens (tertiary/aromatic N) is 1. The van der Waals surface area contributed by atoms with Crippen LogP contribution in [0.4, 0.5) is 0 Å². The number of fused-ring (bicyclic) bond motifs is 1. The highest BCUT2D eigenvalue weighted by molar-refractivity contribution is 7.12. The van der Waals surface area contributed by atoms with Gasteiger partial charge in [0, 0.05) is 29.2 Å². The summed E-state index contributed by atoms with van der Waals surface area (Å²) in [6, 6.07) is 7.30. The quantitative estimate of drug-likeness (QED) is 0.757. The molecule has 4 rings (SSSR count). The van der Waals surface area contributed by atoms with Crippen LogP contribution < -0.4 is 5.73 Å². The van der Waals surface area contributed by atoms with E-state index in [1.807, 2.05) is 12.1 Å². The fourth-order valence-corrected chi connectivity index (χ4v) is 5.94. The van der Waals surface area contributed by atoms with Crippen LogP contribution in [0.1, 0.15) is 31.2 Å². The van der Waals surface area contributed by atoms with Crippen LogP contribution in [0, 0.1) is 0 Å². The number of carbonyl (C=O) groups excluding carboxylic acids is 2. The number of ketones is 1. The first kappa shape index (κ1) is 19.6. The van der Waals surface area contributed by atoms with E-state index < -0.39 is 5.91 Å². The van der Waals surface area contributed by atoms with Crippen LogP contribution in [0.5, 0.6) is 0 Å². The number of benzene rings is 1. The lowest BCUT2D eigenvalue weighted by Gasteiger charge is -2.43. The van der Waals surface area contributed by atoms with Gasteiger partial charge in [-0.1, -0.05) is 23.7 Å². The number of carbonyl (C=O) groups is 2. The Morgan fingerprint density at radius 3 is 2.50 bits per heavy atom. The summed E-state index contributed by atoms with van der Waals surface area (Å²) in [5.74, 6) is -0.332. The van der Waals surface area contributed by atoms with E-state index in [1.54, 1.807) is 23.5 Å². The third-order valence-corrected chi connectivity index (χ3v) is 7.29. The normalized spacial score (nSPS) is 18.0. The molecule has 2 N–H and O–H groups in total. The molecule has 3 heterocycles. The molecule has 0 aliphatic carbocycles. The molecule has 2 aliphatic heterocycles. The van der Waals surface area contributed by atoms with E-state index in [4.69, 9.17) is 22.1 Å². The molecule has 28 heavy (non-hydrogen) atoms. The van der Waals surface area contributed by atoms with E-state index in [-0.39, 0.29) is 12.2 Å². The van der Waals surface area contributed by atoms with Gasteiger partial charge in [-0.2, -0.15) is 0 Å². The molecule has 7 heteroatoms. The third kappa shape index (κ3) is 4.01. The average molecular weight is 420 g/mol. The van der Waals surface area contributed by atoms with Crippen molar-refractivity contribution in [2.24, 2.45) is 5.73 Å². The topological polar surface area (TPSA) is 69.4 Å². The van der Waals surface area contributed by atoms with Gasteiger partial charge in [0.2, 0.25) is 5.91 Å². The lowest BCUT2D eigenvalue weighted by atomic mass is 9.97. The smallest absolute Gasteiger partial charge is 0.250 e. The Morgan fingerprint density at radius 2 is 1.82 bits per heavy atom. The Morgan fingerprint density at radius 1 is 1.11 bits per heavy atom. The molecular formula is C21H24ClN2O3S+. The van der Waals surface area contributed by atoms with Crippen molar-refractivity contribution in [1.82, 2.24) is 0 Å². The van der Waals surface area contributed by atoms with Crippen molar-refractivity contribution in [2.75, 3.05) is 32.8 Å². The van der Waals surface area contributed by atoms with Crippen molar-refractivity contribution in [2.45, 2.75) is 25.8 Å². The highest BCUT2D eigenvalue weighted by atomic mass is 35.5. The maximum Gasteiger partial charge on any atom is 0.250 e. The molecule has 0 atom stereocenters. The minimum absolute atomic E-state index is 0.0821. The van der Waals surface area contributed by atoms with Crippen molar-refractivity contribution >= 4 is 34.6 Å². The van der Waals surface area contributed by atoms with Gasteiger partial charge in [-0.05, 0) is 23.3 Å². The molecule has 0 bridgehead atoms. The maximum absolute atomic E-state index is 12.7. The number of Topliss-reactive ketones (excluding diaryl/α,β-unsaturated/α-hetero) is 1. The summed E-state index contributed by atoms with van der Waals surface area (Å²) in [6.45, 7) is 5.51. The molecule has 1 aromatic carbocycles. The molecule has 5 nitrogen and oxygen atoms in total. The molecule has 1 aromatic heterocycles. The van der Waals surface area contributed by atoms with E-state index in [1.165, 1.54) is 4.88 Å². The molecule has 1 fully saturated rings. The van der Waals surface area contributed by atoms with Crippen molar-refractivity contribution in [3.8, 4) is 0 Å². The van der Waals surface area contributed by atoms with E-state index in [9.17, 15) is 9.59 Å². The number of morpholine rings is 1. The van der Waals surface area contributed by atoms with Crippen molar-refractivity contribution in [3.05, 3.63) is 55.7 Å². The van der Waals surface area contributed by atoms with Crippen molar-refractivity contribution in [3.63, 3.8) is 0 Å². The Bertz CT molecular complexity index is 901. The number of hydrogen-bond donors (Lipinski definition) is 1. The predicted octanol–water partition coefficient (Wildman–Crippen LogP) is 2.76. The number of thiophene rings is 1. The van der Waals surface area contributed by atoms with Gasteiger partial charge < -0.3 is 15.0 Å². The standard InChI is InChI=1S/C21H23ClN2O3S/c22-15-3-1-14(2-4-15)11-16(25)12-18-20(21(23)26)17-5-6-24(13-19(17)28-18)7-9-27-10-8-24/h1-4H,5-13H2,(H-,23,26)/p+1. The first-order valence-electron chi connectivity index (χ1n) is 9.58. The van der Waals surface area contributed by atoms with Crippen LogP contribution in [0.2, 0.25) is 5.02 Å². The number of quaternary nitrogens is 1. The van der Waals surface area contributed by atoms with Crippen LogP contribution >= 0.6 is 22.9 Å². The van der Waals surface area contributed by atoms with Crippen LogP contribution in [0.25, 0.3) is 0 Å². The number of rotatable bonds is 5. The summed E-state index contributed by atoms with van der Waals surface area (Å²) in [6.07, 6.45) is 1.42. The molecule has 0 saturated carbocycles. The molecule has 2 aromatic rings. The third-order valence-electron chi connectivity index (χ3n) is 5.82. The van der Waals surface area contributed by atoms with Gasteiger partial charge in [-0.15, -0.1) is 11.3 Å². The van der Waals surface area contributed by atoms with Gasteiger partial charge in [0.1, 0.15) is 25.4 Å². The highest BCUT2D eigenvalue weighted by Gasteiger charge is 2.38. The van der Waals surface area contributed by atoms with Gasteiger partial charge >= 0.3 is 0 Å². The molecule has 2 aliphatic rings. The van der Waals surface area contributed by atoms with Gasteiger partial charge in [0.25, 0.3) is 0 Å². The Balaban J connectivity index is 1.55. The summed E-state index contributed by atoms with van der Waals surface area (Å²) in [5, 5.41) is 0.651.